The minimum absolute atomic E-state index is 0.289. The molecular formula is C10H20O3. The fourth-order valence-corrected chi connectivity index (χ4v) is 1.08. The van der Waals surface area contributed by atoms with Gasteiger partial charge in [-0.05, 0) is 41.5 Å². The van der Waals surface area contributed by atoms with Gasteiger partial charge in [0.1, 0.15) is 11.7 Å². The van der Waals surface area contributed by atoms with Gasteiger partial charge < -0.3 is 9.84 Å². The van der Waals surface area contributed by atoms with Crippen LogP contribution in [0.3, 0.4) is 0 Å². The first-order valence-corrected chi connectivity index (χ1v) is 4.48. The molecule has 0 saturated heterocycles. The highest BCUT2D eigenvalue weighted by Gasteiger charge is 2.31. The average Bonchev–Trinajstić information content (AvgIpc) is 1.79. The van der Waals surface area contributed by atoms with Gasteiger partial charge in [0.25, 0.3) is 0 Å². The molecule has 0 fully saturated rings. The van der Waals surface area contributed by atoms with E-state index in [4.69, 9.17) is 4.74 Å². The summed E-state index contributed by atoms with van der Waals surface area (Å²) >= 11 is 0. The Morgan fingerprint density at radius 1 is 1.23 bits per heavy atom. The molecule has 0 aliphatic carbocycles. The predicted molar refractivity (Wildman–Crippen MR) is 51.6 cm³/mol. The summed E-state index contributed by atoms with van der Waals surface area (Å²) in [5.41, 5.74) is -1.68. The molecule has 0 aromatic heterocycles. The second kappa shape index (κ2) is 3.76. The molecular weight excluding hydrogens is 168 g/mol. The summed E-state index contributed by atoms with van der Waals surface area (Å²) in [6, 6.07) is 0. The van der Waals surface area contributed by atoms with E-state index in [1.807, 2.05) is 20.8 Å². The fraction of sp³-hybridized carbons (Fsp3) is 0.900. The van der Waals surface area contributed by atoms with Crippen molar-refractivity contribution in [1.29, 1.82) is 0 Å². The molecule has 0 rings (SSSR count). The van der Waals surface area contributed by atoms with Crippen molar-refractivity contribution in [3.05, 3.63) is 0 Å². The number of carbonyl (C=O) groups is 1. The zero-order chi connectivity index (χ0) is 10.9. The van der Waals surface area contributed by atoms with E-state index < -0.39 is 11.7 Å². The highest BCUT2D eigenvalue weighted by atomic mass is 16.5. The lowest BCUT2D eigenvalue weighted by atomic mass is 9.99. The molecule has 1 N–H and O–H groups in total. The minimum Gasteiger partial charge on any atom is -0.383 e. The molecule has 0 saturated carbocycles. The van der Waals surface area contributed by atoms with Crippen LogP contribution in [0.1, 0.15) is 41.5 Å². The smallest absolute Gasteiger partial charge is 0.192 e. The molecule has 0 heterocycles. The van der Waals surface area contributed by atoms with Crippen molar-refractivity contribution in [2.45, 2.75) is 58.8 Å². The molecule has 1 unspecified atom stereocenters. The summed E-state index contributed by atoms with van der Waals surface area (Å²) in [4.78, 5) is 11.5. The molecule has 0 spiro atoms. The van der Waals surface area contributed by atoms with E-state index in [0.29, 0.717) is 0 Å². The largest absolute Gasteiger partial charge is 0.383 e. The number of ether oxygens (including phenoxy) is 1. The Labute approximate surface area is 80.1 Å². The van der Waals surface area contributed by atoms with Gasteiger partial charge in [0.05, 0.1) is 5.60 Å². The molecule has 13 heavy (non-hydrogen) atoms. The molecule has 0 aliphatic rings. The van der Waals surface area contributed by atoms with Crippen molar-refractivity contribution in [1.82, 2.24) is 0 Å². The summed E-state index contributed by atoms with van der Waals surface area (Å²) in [7, 11) is 0. The van der Waals surface area contributed by atoms with Crippen LogP contribution in [0, 0.1) is 0 Å². The van der Waals surface area contributed by atoms with Gasteiger partial charge in [-0.2, -0.15) is 0 Å². The van der Waals surface area contributed by atoms with E-state index in [2.05, 4.69) is 0 Å². The van der Waals surface area contributed by atoms with E-state index in [0.717, 1.165) is 0 Å². The first kappa shape index (κ1) is 12.6. The van der Waals surface area contributed by atoms with Crippen LogP contribution in [-0.4, -0.2) is 28.2 Å². The van der Waals surface area contributed by atoms with E-state index in [1.54, 1.807) is 6.92 Å². The Balaban J connectivity index is 4.30. The molecule has 3 nitrogen and oxygen atoms in total. The van der Waals surface area contributed by atoms with Crippen LogP contribution in [0.25, 0.3) is 0 Å². The van der Waals surface area contributed by atoms with Gasteiger partial charge in [0.2, 0.25) is 0 Å². The lowest BCUT2D eigenvalue weighted by Gasteiger charge is -2.27. The minimum atomic E-state index is -1.31. The summed E-state index contributed by atoms with van der Waals surface area (Å²) < 4.78 is 5.42. The number of ketones is 1. The van der Waals surface area contributed by atoms with Gasteiger partial charge in [0, 0.05) is 0 Å². The highest BCUT2D eigenvalue weighted by Crippen LogP contribution is 2.15. The number of aliphatic hydroxyl groups is 1. The first-order valence-electron chi connectivity index (χ1n) is 4.48. The maximum atomic E-state index is 11.5. The third-order valence-electron chi connectivity index (χ3n) is 1.50. The topological polar surface area (TPSA) is 46.5 Å². The lowest BCUT2D eigenvalue weighted by Crippen LogP contribution is -2.42. The first-order chi connectivity index (χ1) is 5.54. The number of Topliss-reactive ketones (excluding diaryl/α,β-unsaturated/α-hetero) is 1. The molecule has 3 heteroatoms. The number of rotatable bonds is 3. The quantitative estimate of drug-likeness (QED) is 0.730. The lowest BCUT2D eigenvalue weighted by molar-refractivity contribution is -0.153. The average molecular weight is 188 g/mol. The number of hydrogen-bond acceptors (Lipinski definition) is 3. The maximum Gasteiger partial charge on any atom is 0.192 e. The van der Waals surface area contributed by atoms with Gasteiger partial charge in [-0.25, -0.2) is 0 Å². The van der Waals surface area contributed by atoms with Gasteiger partial charge in [-0.15, -0.1) is 0 Å². The Morgan fingerprint density at radius 3 is 1.85 bits per heavy atom. The summed E-state index contributed by atoms with van der Waals surface area (Å²) in [6.45, 7) is 10.2. The van der Waals surface area contributed by atoms with Crippen LogP contribution >= 0.6 is 0 Å². The summed E-state index contributed by atoms with van der Waals surface area (Å²) in [5, 5.41) is 9.42. The molecule has 0 aliphatic heterocycles. The molecule has 1 atom stereocenters. The van der Waals surface area contributed by atoms with Crippen LogP contribution in [0.2, 0.25) is 0 Å². The second-order valence-corrected chi connectivity index (χ2v) is 4.80. The zero-order valence-corrected chi connectivity index (χ0v) is 9.34. The molecule has 0 amide bonds. The molecule has 0 bridgehead atoms. The fourth-order valence-electron chi connectivity index (χ4n) is 1.08. The molecule has 0 radical (unpaired) electrons. The van der Waals surface area contributed by atoms with Crippen molar-refractivity contribution >= 4 is 5.78 Å². The van der Waals surface area contributed by atoms with Crippen LogP contribution < -0.4 is 0 Å². The van der Waals surface area contributed by atoms with Crippen LogP contribution in [0.15, 0.2) is 0 Å². The third kappa shape index (κ3) is 5.01. The Hall–Kier alpha value is -0.410. The monoisotopic (exact) mass is 188 g/mol. The standard InChI is InChI=1S/C10H20O3/c1-7(13-9(2,3)4)8(11)10(5,6)12/h7,12H,1-6H3. The summed E-state index contributed by atoms with van der Waals surface area (Å²) in [5.74, 6) is -0.289. The van der Waals surface area contributed by atoms with Gasteiger partial charge in [-0.1, -0.05) is 0 Å². The zero-order valence-electron chi connectivity index (χ0n) is 9.34. The maximum absolute atomic E-state index is 11.5. The van der Waals surface area contributed by atoms with E-state index in [-0.39, 0.29) is 11.4 Å². The number of hydrogen-bond donors (Lipinski definition) is 1. The van der Waals surface area contributed by atoms with Crippen molar-refractivity contribution in [2.75, 3.05) is 0 Å². The number of carbonyl (C=O) groups excluding carboxylic acids is 1. The Kier molecular flexibility index (Phi) is 3.64. The van der Waals surface area contributed by atoms with E-state index in [9.17, 15) is 9.90 Å². The van der Waals surface area contributed by atoms with Gasteiger partial charge >= 0.3 is 0 Å². The third-order valence-corrected chi connectivity index (χ3v) is 1.50. The highest BCUT2D eigenvalue weighted by molar-refractivity contribution is 5.89. The molecule has 0 aromatic rings. The SMILES string of the molecule is CC(OC(C)(C)C)C(=O)C(C)(C)O. The molecule has 78 valence electrons. The van der Waals surface area contributed by atoms with Gasteiger partial charge in [0.15, 0.2) is 5.78 Å². The van der Waals surface area contributed by atoms with Gasteiger partial charge in [-0.3, -0.25) is 4.79 Å². The van der Waals surface area contributed by atoms with Crippen molar-refractivity contribution in [2.24, 2.45) is 0 Å². The van der Waals surface area contributed by atoms with Crippen molar-refractivity contribution in [3.63, 3.8) is 0 Å². The van der Waals surface area contributed by atoms with Crippen molar-refractivity contribution < 1.29 is 14.6 Å². The van der Waals surface area contributed by atoms with Crippen LogP contribution in [0.4, 0.5) is 0 Å². The van der Waals surface area contributed by atoms with E-state index in [1.165, 1.54) is 13.8 Å². The Bertz CT molecular complexity index is 183. The Morgan fingerprint density at radius 2 is 1.62 bits per heavy atom. The van der Waals surface area contributed by atoms with Crippen molar-refractivity contribution in [3.8, 4) is 0 Å². The predicted octanol–water partition coefficient (Wildman–Crippen LogP) is 1.53. The van der Waals surface area contributed by atoms with E-state index >= 15 is 0 Å². The second-order valence-electron chi connectivity index (χ2n) is 4.80. The van der Waals surface area contributed by atoms with Crippen LogP contribution in [-0.2, 0) is 9.53 Å². The normalized spacial score (nSPS) is 15.6. The van der Waals surface area contributed by atoms with Crippen LogP contribution in [0.5, 0.6) is 0 Å². The molecule has 0 aromatic carbocycles. The summed E-state index contributed by atoms with van der Waals surface area (Å²) in [6.07, 6.45) is -0.569.